The lowest BCUT2D eigenvalue weighted by Crippen LogP contribution is -2.52. The molecule has 3 heteroatoms. The number of carbonyl (C=O) groups is 1. The molecule has 4 fully saturated rings. The highest BCUT2D eigenvalue weighted by Gasteiger charge is 2.58. The Labute approximate surface area is 152 Å². The Balaban J connectivity index is 1.51. The van der Waals surface area contributed by atoms with Crippen LogP contribution in [0.1, 0.15) is 71.6 Å². The molecule has 0 spiro atoms. The van der Waals surface area contributed by atoms with Crippen molar-refractivity contribution < 1.29 is 14.6 Å². The van der Waals surface area contributed by atoms with Gasteiger partial charge in [0.1, 0.15) is 5.78 Å². The van der Waals surface area contributed by atoms with Crippen molar-refractivity contribution >= 4 is 5.78 Å². The standard InChI is InChI=1S/C22H36O3/c1-14(23)19-6-7-20-18-5-4-15-12-22(24,13-25-3)11-9-16(15)17(18)8-10-21(19,20)2/h15-20,24H,4-13H2,1-3H3/t15-,16-,17+,18?,19+,20-,21+,22+/m0/s1. The number of aliphatic hydroxyl groups is 1. The summed E-state index contributed by atoms with van der Waals surface area (Å²) in [5.74, 6) is 4.67. The number of hydrogen-bond acceptors (Lipinski definition) is 3. The van der Waals surface area contributed by atoms with Crippen LogP contribution in [0, 0.1) is 40.9 Å². The van der Waals surface area contributed by atoms with Crippen LogP contribution in [0.2, 0.25) is 0 Å². The van der Waals surface area contributed by atoms with Crippen molar-refractivity contribution in [1.29, 1.82) is 0 Å². The molecule has 8 atom stereocenters. The van der Waals surface area contributed by atoms with Crippen molar-refractivity contribution in [2.24, 2.45) is 40.9 Å². The van der Waals surface area contributed by atoms with Gasteiger partial charge in [-0.05, 0) is 99.7 Å². The average molecular weight is 349 g/mol. The number of hydrogen-bond donors (Lipinski definition) is 1. The monoisotopic (exact) mass is 348 g/mol. The van der Waals surface area contributed by atoms with Crippen molar-refractivity contribution in [1.82, 2.24) is 0 Å². The Morgan fingerprint density at radius 3 is 2.52 bits per heavy atom. The Morgan fingerprint density at radius 1 is 1.04 bits per heavy atom. The lowest BCUT2D eigenvalue weighted by atomic mass is 9.49. The van der Waals surface area contributed by atoms with Crippen LogP contribution in [0.3, 0.4) is 0 Å². The van der Waals surface area contributed by atoms with Gasteiger partial charge in [-0.15, -0.1) is 0 Å². The number of fused-ring (bicyclic) bond motifs is 5. The Hall–Kier alpha value is -0.410. The van der Waals surface area contributed by atoms with Crippen LogP contribution in [0.25, 0.3) is 0 Å². The van der Waals surface area contributed by atoms with E-state index < -0.39 is 5.60 Å². The topological polar surface area (TPSA) is 46.5 Å². The van der Waals surface area contributed by atoms with Crippen LogP contribution in [-0.2, 0) is 9.53 Å². The molecule has 3 nitrogen and oxygen atoms in total. The second-order valence-electron chi connectivity index (χ2n) is 10.1. The van der Waals surface area contributed by atoms with Crippen LogP contribution in [0.15, 0.2) is 0 Å². The maximum Gasteiger partial charge on any atom is 0.133 e. The average Bonchev–Trinajstić information content (AvgIpc) is 2.91. The summed E-state index contributed by atoms with van der Waals surface area (Å²) in [6.07, 6.45) is 10.6. The maximum absolute atomic E-state index is 12.2. The highest BCUT2D eigenvalue weighted by atomic mass is 16.5. The molecule has 0 amide bonds. The summed E-state index contributed by atoms with van der Waals surface area (Å²) in [5.41, 5.74) is -0.315. The zero-order valence-corrected chi connectivity index (χ0v) is 16.3. The fraction of sp³-hybridized carbons (Fsp3) is 0.955. The Morgan fingerprint density at radius 2 is 1.80 bits per heavy atom. The minimum atomic E-state index is -0.584. The number of carbonyl (C=O) groups excluding carboxylic acids is 1. The van der Waals surface area contributed by atoms with E-state index in [1.54, 1.807) is 7.11 Å². The van der Waals surface area contributed by atoms with Crippen molar-refractivity contribution in [3.8, 4) is 0 Å². The molecular weight excluding hydrogens is 312 g/mol. The van der Waals surface area contributed by atoms with E-state index in [2.05, 4.69) is 6.92 Å². The van der Waals surface area contributed by atoms with Gasteiger partial charge in [0, 0.05) is 13.0 Å². The minimum absolute atomic E-state index is 0.269. The highest BCUT2D eigenvalue weighted by molar-refractivity contribution is 5.79. The normalized spacial score (nSPS) is 52.2. The summed E-state index contributed by atoms with van der Waals surface area (Å²) in [6, 6.07) is 0. The van der Waals surface area contributed by atoms with Gasteiger partial charge in [-0.3, -0.25) is 4.79 Å². The van der Waals surface area contributed by atoms with E-state index in [1.165, 1.54) is 38.5 Å². The molecule has 0 radical (unpaired) electrons. The number of Topliss-reactive ketones (excluding diaryl/α,β-unsaturated/α-hetero) is 1. The van der Waals surface area contributed by atoms with Crippen molar-refractivity contribution in [3.05, 3.63) is 0 Å². The first-order chi connectivity index (χ1) is 11.9. The lowest BCUT2D eigenvalue weighted by molar-refractivity contribution is -0.134. The first kappa shape index (κ1) is 18.0. The Kier molecular flexibility index (Phi) is 4.56. The smallest absolute Gasteiger partial charge is 0.133 e. The summed E-state index contributed by atoms with van der Waals surface area (Å²) >= 11 is 0. The number of ether oxygens (including phenoxy) is 1. The van der Waals surface area contributed by atoms with Gasteiger partial charge in [0.2, 0.25) is 0 Å². The first-order valence-electron chi connectivity index (χ1n) is 10.6. The minimum Gasteiger partial charge on any atom is -0.387 e. The third-order valence-electron chi connectivity index (χ3n) is 9.01. The SMILES string of the molecule is COC[C@@]1(O)CC[C@H]2[C@@H](CCC3[C@@H]2CC[C@]2(C)[C@@H](C(C)=O)CC[C@@H]32)C1. The van der Waals surface area contributed by atoms with Gasteiger partial charge >= 0.3 is 0 Å². The zero-order valence-electron chi connectivity index (χ0n) is 16.3. The number of rotatable bonds is 3. The van der Waals surface area contributed by atoms with Crippen molar-refractivity contribution in [2.75, 3.05) is 13.7 Å². The predicted molar refractivity (Wildman–Crippen MR) is 98.1 cm³/mol. The zero-order chi connectivity index (χ0) is 17.8. The highest BCUT2D eigenvalue weighted by Crippen LogP contribution is 2.64. The second kappa shape index (κ2) is 6.34. The molecule has 4 aliphatic carbocycles. The van der Waals surface area contributed by atoms with E-state index in [1.807, 2.05) is 6.92 Å². The molecule has 0 aromatic heterocycles. The van der Waals surface area contributed by atoms with Gasteiger partial charge in [-0.25, -0.2) is 0 Å². The molecule has 1 unspecified atom stereocenters. The molecule has 0 aromatic carbocycles. The van der Waals surface area contributed by atoms with E-state index in [-0.39, 0.29) is 5.41 Å². The number of methoxy groups -OCH3 is 1. The van der Waals surface area contributed by atoms with E-state index in [0.717, 1.165) is 42.9 Å². The molecule has 142 valence electrons. The molecule has 0 bridgehead atoms. The summed E-state index contributed by atoms with van der Waals surface area (Å²) in [4.78, 5) is 12.2. The molecule has 25 heavy (non-hydrogen) atoms. The maximum atomic E-state index is 12.2. The van der Waals surface area contributed by atoms with Gasteiger partial charge in [0.05, 0.1) is 12.2 Å². The molecular formula is C22H36O3. The van der Waals surface area contributed by atoms with E-state index in [9.17, 15) is 9.90 Å². The summed E-state index contributed by atoms with van der Waals surface area (Å²) in [5, 5.41) is 10.8. The van der Waals surface area contributed by atoms with Crippen LogP contribution in [-0.4, -0.2) is 30.2 Å². The molecule has 4 aliphatic rings. The summed E-state index contributed by atoms with van der Waals surface area (Å²) < 4.78 is 5.29. The van der Waals surface area contributed by atoms with Crippen LogP contribution >= 0.6 is 0 Å². The third kappa shape index (κ3) is 2.81. The number of ketones is 1. The molecule has 4 saturated carbocycles. The molecule has 0 aliphatic heterocycles. The fourth-order valence-electron chi connectivity index (χ4n) is 8.03. The van der Waals surface area contributed by atoms with Crippen molar-refractivity contribution in [2.45, 2.75) is 77.2 Å². The van der Waals surface area contributed by atoms with Crippen LogP contribution in [0.5, 0.6) is 0 Å². The second-order valence-corrected chi connectivity index (χ2v) is 10.1. The third-order valence-corrected chi connectivity index (χ3v) is 9.01. The van der Waals surface area contributed by atoms with Gasteiger partial charge in [-0.2, -0.15) is 0 Å². The Bertz CT molecular complexity index is 531. The largest absolute Gasteiger partial charge is 0.387 e. The predicted octanol–water partition coefficient (Wildman–Crippen LogP) is 4.22. The molecule has 0 heterocycles. The first-order valence-corrected chi connectivity index (χ1v) is 10.6. The molecule has 4 rings (SSSR count). The van der Waals surface area contributed by atoms with E-state index in [4.69, 9.17) is 4.74 Å². The van der Waals surface area contributed by atoms with Gasteiger partial charge in [0.15, 0.2) is 0 Å². The van der Waals surface area contributed by atoms with Crippen LogP contribution in [0.4, 0.5) is 0 Å². The van der Waals surface area contributed by atoms with Crippen molar-refractivity contribution in [3.63, 3.8) is 0 Å². The van der Waals surface area contributed by atoms with Crippen LogP contribution < -0.4 is 0 Å². The van der Waals surface area contributed by atoms with E-state index in [0.29, 0.717) is 24.2 Å². The summed E-state index contributed by atoms with van der Waals surface area (Å²) in [7, 11) is 1.70. The van der Waals surface area contributed by atoms with Gasteiger partial charge in [-0.1, -0.05) is 6.92 Å². The fourth-order valence-corrected chi connectivity index (χ4v) is 8.03. The van der Waals surface area contributed by atoms with E-state index >= 15 is 0 Å². The quantitative estimate of drug-likeness (QED) is 0.830. The van der Waals surface area contributed by atoms with Gasteiger partial charge < -0.3 is 9.84 Å². The molecule has 0 aromatic rings. The molecule has 0 saturated heterocycles. The lowest BCUT2D eigenvalue weighted by Gasteiger charge is -2.57. The summed E-state index contributed by atoms with van der Waals surface area (Å²) in [6.45, 7) is 4.74. The molecule has 1 N–H and O–H groups in total. The van der Waals surface area contributed by atoms with Gasteiger partial charge in [0.25, 0.3) is 0 Å².